The van der Waals surface area contributed by atoms with E-state index in [0.29, 0.717) is 6.42 Å². The lowest BCUT2D eigenvalue weighted by atomic mass is 9.97. The molecule has 0 saturated carbocycles. The van der Waals surface area contributed by atoms with Crippen LogP contribution in [0.3, 0.4) is 0 Å². The smallest absolute Gasteiger partial charge is 0.0625 e. The maximum atomic E-state index is 6.13. The van der Waals surface area contributed by atoms with Crippen molar-refractivity contribution in [2.45, 2.75) is 46.6 Å². The maximum absolute atomic E-state index is 6.13. The molecule has 0 aliphatic carbocycles. The monoisotopic (exact) mass is 233 g/mol. The molecule has 1 atom stereocenters. The van der Waals surface area contributed by atoms with Gasteiger partial charge in [0.05, 0.1) is 17.4 Å². The fraction of sp³-hybridized carbons (Fsp3) is 0.643. The molecular weight excluding hydrogens is 210 g/mol. The highest BCUT2D eigenvalue weighted by Crippen LogP contribution is 2.16. The summed E-state index contributed by atoms with van der Waals surface area (Å²) >= 11 is 0. The number of nitrogens with two attached hydrogens (primary N) is 1. The quantitative estimate of drug-likeness (QED) is 0.815. The van der Waals surface area contributed by atoms with Gasteiger partial charge in [-0.3, -0.25) is 4.68 Å². The van der Waals surface area contributed by atoms with Crippen molar-refractivity contribution >= 4 is 0 Å². The summed E-state index contributed by atoms with van der Waals surface area (Å²) in [6.45, 7) is 8.40. The van der Waals surface area contributed by atoms with Gasteiger partial charge >= 0.3 is 0 Å². The average molecular weight is 233 g/mol. The Balaban J connectivity index is 2.72. The van der Waals surface area contributed by atoms with Crippen LogP contribution in [0, 0.1) is 17.3 Å². The zero-order chi connectivity index (χ0) is 13.1. The highest BCUT2D eigenvalue weighted by Gasteiger charge is 2.11. The minimum Gasteiger partial charge on any atom is -0.322 e. The molecule has 0 radical (unpaired) electrons. The van der Waals surface area contributed by atoms with Crippen LogP contribution in [0.15, 0.2) is 6.07 Å². The Morgan fingerprint density at radius 1 is 1.47 bits per heavy atom. The predicted molar refractivity (Wildman–Crippen MR) is 71.4 cm³/mol. The molecule has 1 aromatic heterocycles. The molecule has 1 aromatic rings. The molecular formula is C14H23N3. The van der Waals surface area contributed by atoms with Crippen LogP contribution in [-0.4, -0.2) is 9.78 Å². The number of aromatic nitrogens is 2. The van der Waals surface area contributed by atoms with Crippen molar-refractivity contribution in [3.8, 4) is 11.8 Å². The molecule has 1 heterocycles. The summed E-state index contributed by atoms with van der Waals surface area (Å²) < 4.78 is 1.86. The van der Waals surface area contributed by atoms with Crippen LogP contribution in [-0.2, 0) is 13.5 Å². The molecule has 94 valence electrons. The molecule has 3 nitrogen and oxygen atoms in total. The zero-order valence-corrected chi connectivity index (χ0v) is 11.5. The Kier molecular flexibility index (Phi) is 4.36. The minimum absolute atomic E-state index is 0.0424. The van der Waals surface area contributed by atoms with Gasteiger partial charge in [-0.25, -0.2) is 0 Å². The summed E-state index contributed by atoms with van der Waals surface area (Å²) in [6, 6.07) is 2.02. The second-order valence-electron chi connectivity index (χ2n) is 5.40. The minimum atomic E-state index is -0.0531. The first-order valence-corrected chi connectivity index (χ1v) is 6.12. The van der Waals surface area contributed by atoms with Gasteiger partial charge in [-0.15, -0.1) is 5.92 Å². The summed E-state index contributed by atoms with van der Waals surface area (Å²) in [7, 11) is 1.94. The Morgan fingerprint density at radius 2 is 2.12 bits per heavy atom. The fourth-order valence-electron chi connectivity index (χ4n) is 1.59. The van der Waals surface area contributed by atoms with Crippen LogP contribution in [0.5, 0.6) is 0 Å². The van der Waals surface area contributed by atoms with Crippen LogP contribution in [0.1, 0.15) is 51.5 Å². The lowest BCUT2D eigenvalue weighted by Gasteiger charge is -2.10. The SMILES string of the molecule is CCc1cc(C(N)CC#CC(C)(C)C)n(C)n1. The average Bonchev–Trinajstić information content (AvgIpc) is 2.57. The molecule has 1 unspecified atom stereocenters. The van der Waals surface area contributed by atoms with Gasteiger partial charge < -0.3 is 5.73 Å². The molecule has 3 heteroatoms. The topological polar surface area (TPSA) is 43.8 Å². The van der Waals surface area contributed by atoms with Crippen LogP contribution in [0.2, 0.25) is 0 Å². The van der Waals surface area contributed by atoms with Gasteiger partial charge in [0.2, 0.25) is 0 Å². The largest absolute Gasteiger partial charge is 0.322 e. The van der Waals surface area contributed by atoms with Crippen molar-refractivity contribution in [2.24, 2.45) is 18.2 Å². The van der Waals surface area contributed by atoms with Crippen molar-refractivity contribution in [2.75, 3.05) is 0 Å². The van der Waals surface area contributed by atoms with Gasteiger partial charge in [0.1, 0.15) is 0 Å². The molecule has 0 bridgehead atoms. The third-order valence-electron chi connectivity index (χ3n) is 2.49. The van der Waals surface area contributed by atoms with E-state index in [4.69, 9.17) is 5.73 Å². The number of rotatable bonds is 3. The lowest BCUT2D eigenvalue weighted by Crippen LogP contribution is -2.14. The number of hydrogen-bond acceptors (Lipinski definition) is 2. The summed E-state index contributed by atoms with van der Waals surface area (Å²) in [4.78, 5) is 0. The van der Waals surface area contributed by atoms with Crippen LogP contribution in [0.4, 0.5) is 0 Å². The second-order valence-corrected chi connectivity index (χ2v) is 5.40. The highest BCUT2D eigenvalue weighted by atomic mass is 15.3. The summed E-state index contributed by atoms with van der Waals surface area (Å²) in [5.74, 6) is 6.37. The normalized spacial score (nSPS) is 13.1. The second kappa shape index (κ2) is 5.37. The molecule has 2 N–H and O–H groups in total. The molecule has 0 spiro atoms. The van der Waals surface area contributed by atoms with E-state index in [1.807, 2.05) is 11.7 Å². The van der Waals surface area contributed by atoms with Crippen LogP contribution < -0.4 is 5.73 Å². The van der Waals surface area contributed by atoms with Gasteiger partial charge in [-0.1, -0.05) is 12.8 Å². The van der Waals surface area contributed by atoms with Gasteiger partial charge in [-0.05, 0) is 33.3 Å². The number of aryl methyl sites for hydroxylation is 2. The van der Waals surface area contributed by atoms with Crippen LogP contribution in [0.25, 0.3) is 0 Å². The van der Waals surface area contributed by atoms with Crippen molar-refractivity contribution in [1.29, 1.82) is 0 Å². The van der Waals surface area contributed by atoms with Gasteiger partial charge in [0.25, 0.3) is 0 Å². The Morgan fingerprint density at radius 3 is 2.59 bits per heavy atom. The first-order chi connectivity index (χ1) is 7.83. The lowest BCUT2D eigenvalue weighted by molar-refractivity contribution is 0.568. The van der Waals surface area contributed by atoms with Crippen molar-refractivity contribution in [1.82, 2.24) is 9.78 Å². The van der Waals surface area contributed by atoms with Crippen LogP contribution >= 0.6 is 0 Å². The first-order valence-electron chi connectivity index (χ1n) is 6.12. The fourth-order valence-corrected chi connectivity index (χ4v) is 1.59. The first kappa shape index (κ1) is 13.8. The van der Waals surface area contributed by atoms with E-state index >= 15 is 0 Å². The molecule has 17 heavy (non-hydrogen) atoms. The molecule has 0 fully saturated rings. The standard InChI is InChI=1S/C14H23N3/c1-6-11-10-13(17(5)16-11)12(15)8-7-9-14(2,3)4/h10,12H,6,8,15H2,1-5H3. The molecule has 1 rings (SSSR count). The van der Waals surface area contributed by atoms with E-state index in [1.165, 1.54) is 0 Å². The highest BCUT2D eigenvalue weighted by molar-refractivity contribution is 5.17. The molecule has 0 aliphatic heterocycles. The van der Waals surface area contributed by atoms with Gasteiger partial charge in [-0.2, -0.15) is 5.10 Å². The zero-order valence-electron chi connectivity index (χ0n) is 11.5. The van der Waals surface area contributed by atoms with E-state index in [-0.39, 0.29) is 11.5 Å². The van der Waals surface area contributed by atoms with Gasteiger partial charge in [0.15, 0.2) is 0 Å². The summed E-state index contributed by atoms with van der Waals surface area (Å²) in [6.07, 6.45) is 1.62. The Labute approximate surface area is 104 Å². The molecule has 0 aliphatic rings. The summed E-state index contributed by atoms with van der Waals surface area (Å²) in [5.41, 5.74) is 8.32. The Hall–Kier alpha value is -1.27. The number of nitrogens with zero attached hydrogens (tertiary/aromatic N) is 2. The van der Waals surface area contributed by atoms with E-state index in [2.05, 4.69) is 50.7 Å². The Bertz CT molecular complexity index is 427. The van der Waals surface area contributed by atoms with Crippen molar-refractivity contribution < 1.29 is 0 Å². The van der Waals surface area contributed by atoms with E-state index < -0.39 is 0 Å². The maximum Gasteiger partial charge on any atom is 0.0625 e. The molecule has 0 amide bonds. The van der Waals surface area contributed by atoms with E-state index in [1.54, 1.807) is 0 Å². The van der Waals surface area contributed by atoms with E-state index in [9.17, 15) is 0 Å². The van der Waals surface area contributed by atoms with Crippen molar-refractivity contribution in [3.63, 3.8) is 0 Å². The summed E-state index contributed by atoms with van der Waals surface area (Å²) in [5, 5.41) is 4.40. The van der Waals surface area contributed by atoms with Crippen molar-refractivity contribution in [3.05, 3.63) is 17.5 Å². The van der Waals surface area contributed by atoms with E-state index in [0.717, 1.165) is 17.8 Å². The third-order valence-corrected chi connectivity index (χ3v) is 2.49. The molecule has 0 saturated heterocycles. The van der Waals surface area contributed by atoms with Gasteiger partial charge in [0, 0.05) is 18.9 Å². The third kappa shape index (κ3) is 4.24. The predicted octanol–water partition coefficient (Wildman–Crippen LogP) is 2.42. The molecule has 0 aromatic carbocycles. The number of hydrogen-bond donors (Lipinski definition) is 1.